The summed E-state index contributed by atoms with van der Waals surface area (Å²) in [5.41, 5.74) is 0. The molecule has 0 aromatic rings. The van der Waals surface area contributed by atoms with Crippen LogP contribution >= 0.6 is 0 Å². The minimum absolute atomic E-state index is 0.00308. The molecule has 0 spiro atoms. The van der Waals surface area contributed by atoms with Gasteiger partial charge in [0, 0.05) is 25.2 Å². The molecule has 0 radical (unpaired) electrons. The van der Waals surface area contributed by atoms with Gasteiger partial charge in [-0.05, 0) is 44.9 Å². The molecular formula is C45H84O8. The molecule has 2 unspecified atom stereocenters. The molecule has 0 aromatic carbocycles. The Kier molecular flexibility index (Phi) is 38.0. The van der Waals surface area contributed by atoms with Crippen LogP contribution in [0.1, 0.15) is 227 Å². The molecule has 312 valence electrons. The molecular weight excluding hydrogens is 668 g/mol. The van der Waals surface area contributed by atoms with E-state index < -0.39 is 0 Å². The summed E-state index contributed by atoms with van der Waals surface area (Å²) in [7, 11) is 0. The van der Waals surface area contributed by atoms with Crippen molar-refractivity contribution >= 4 is 23.9 Å². The van der Waals surface area contributed by atoms with Crippen LogP contribution in [-0.4, -0.2) is 50.3 Å². The van der Waals surface area contributed by atoms with E-state index in [1.165, 1.54) is 89.9 Å². The second-order valence-electron chi connectivity index (χ2n) is 15.5. The normalized spacial score (nSPS) is 12.3. The van der Waals surface area contributed by atoms with E-state index in [0.29, 0.717) is 45.3 Å². The number of ether oxygens (including phenoxy) is 4. The predicted octanol–water partition coefficient (Wildman–Crippen LogP) is 12.6. The van der Waals surface area contributed by atoms with E-state index in [1.807, 2.05) is 6.92 Å². The summed E-state index contributed by atoms with van der Waals surface area (Å²) in [5.74, 6) is -0.647. The smallest absolute Gasteiger partial charge is 0.308 e. The number of rotatable bonds is 40. The van der Waals surface area contributed by atoms with E-state index in [4.69, 9.17) is 18.9 Å². The van der Waals surface area contributed by atoms with Gasteiger partial charge in [0.15, 0.2) is 0 Å². The van der Waals surface area contributed by atoms with E-state index in [1.54, 1.807) is 0 Å². The second kappa shape index (κ2) is 39.6. The quantitative estimate of drug-likeness (QED) is 0.0346. The summed E-state index contributed by atoms with van der Waals surface area (Å²) in [6.07, 6.45) is 31.7. The molecule has 0 rings (SSSR count). The van der Waals surface area contributed by atoms with Gasteiger partial charge in [0.2, 0.25) is 0 Å². The van der Waals surface area contributed by atoms with Crippen LogP contribution in [0.15, 0.2) is 0 Å². The largest absolute Gasteiger partial charge is 0.466 e. The van der Waals surface area contributed by atoms with Crippen LogP contribution in [0.3, 0.4) is 0 Å². The molecule has 0 saturated carbocycles. The van der Waals surface area contributed by atoms with Crippen LogP contribution in [-0.2, 0) is 38.1 Å². The second-order valence-corrected chi connectivity index (χ2v) is 15.5. The first-order chi connectivity index (χ1) is 25.8. The summed E-state index contributed by atoms with van der Waals surface area (Å²) in [6.45, 7) is 10.0. The molecule has 8 nitrogen and oxygen atoms in total. The molecule has 0 amide bonds. The van der Waals surface area contributed by atoms with Crippen molar-refractivity contribution in [3.8, 4) is 0 Å². The summed E-state index contributed by atoms with van der Waals surface area (Å²) >= 11 is 0. The van der Waals surface area contributed by atoms with Gasteiger partial charge in [0.05, 0.1) is 32.3 Å². The third-order valence-electron chi connectivity index (χ3n) is 10.00. The molecule has 0 aliphatic heterocycles. The van der Waals surface area contributed by atoms with Crippen LogP contribution in [0.25, 0.3) is 0 Å². The van der Waals surface area contributed by atoms with Crippen molar-refractivity contribution in [2.45, 2.75) is 227 Å². The molecule has 0 saturated heterocycles. The maximum atomic E-state index is 12.8. The minimum Gasteiger partial charge on any atom is -0.466 e. The maximum absolute atomic E-state index is 12.8. The first-order valence-electron chi connectivity index (χ1n) is 22.5. The summed E-state index contributed by atoms with van der Waals surface area (Å²) in [5, 5.41) is 0. The lowest BCUT2D eigenvalue weighted by Crippen LogP contribution is -2.18. The number of hydrogen-bond acceptors (Lipinski definition) is 8. The van der Waals surface area contributed by atoms with Gasteiger partial charge in [-0.2, -0.15) is 0 Å². The highest BCUT2D eigenvalue weighted by Gasteiger charge is 2.19. The van der Waals surface area contributed by atoms with Crippen LogP contribution in [0.5, 0.6) is 0 Å². The van der Waals surface area contributed by atoms with Crippen molar-refractivity contribution in [3.05, 3.63) is 0 Å². The Labute approximate surface area is 326 Å². The first-order valence-corrected chi connectivity index (χ1v) is 22.5. The maximum Gasteiger partial charge on any atom is 0.308 e. The van der Waals surface area contributed by atoms with Crippen molar-refractivity contribution in [3.63, 3.8) is 0 Å². The van der Waals surface area contributed by atoms with Gasteiger partial charge >= 0.3 is 23.9 Å². The molecule has 0 aliphatic rings. The van der Waals surface area contributed by atoms with E-state index in [2.05, 4.69) is 20.8 Å². The molecule has 0 aliphatic carbocycles. The van der Waals surface area contributed by atoms with Gasteiger partial charge in [-0.1, -0.05) is 163 Å². The zero-order valence-corrected chi connectivity index (χ0v) is 35.2. The molecule has 0 fully saturated rings. The SMILES string of the molecule is CCCCCCCCCCOC(=O)CCCCCC(=O)OCC(C)COC(=O)CCCCCCCOC(=O)C(CCCCCC)CCCCCCCC. The summed E-state index contributed by atoms with van der Waals surface area (Å²) in [4.78, 5) is 49.0. The Morgan fingerprint density at radius 1 is 0.377 bits per heavy atom. The average molecular weight is 753 g/mol. The predicted molar refractivity (Wildman–Crippen MR) is 217 cm³/mol. The first kappa shape index (κ1) is 50.9. The molecule has 2 atom stereocenters. The molecule has 0 aromatic heterocycles. The van der Waals surface area contributed by atoms with E-state index in [9.17, 15) is 19.2 Å². The lowest BCUT2D eigenvalue weighted by Gasteiger charge is -2.16. The number of esters is 4. The van der Waals surface area contributed by atoms with Crippen LogP contribution in [0.4, 0.5) is 0 Å². The lowest BCUT2D eigenvalue weighted by atomic mass is 9.94. The highest BCUT2D eigenvalue weighted by atomic mass is 16.5. The Morgan fingerprint density at radius 3 is 1.15 bits per heavy atom. The Morgan fingerprint density at radius 2 is 0.698 bits per heavy atom. The fraction of sp³-hybridized carbons (Fsp3) is 0.911. The standard InChI is InChI=1S/C45H84O8/c1-5-8-11-14-16-17-21-29-36-50-42(46)33-27-23-28-35-44(48)53-39-40(4)38-52-43(47)34-26-20-18-22-30-37-51-45(49)41(31-24-13-10-7-3)32-25-19-15-12-9-6-2/h40-41H,5-39H2,1-4H3. The van der Waals surface area contributed by atoms with Gasteiger partial charge in [-0.15, -0.1) is 0 Å². The fourth-order valence-electron chi connectivity index (χ4n) is 6.43. The Hall–Kier alpha value is -2.12. The minimum atomic E-state index is -0.259. The van der Waals surface area contributed by atoms with Crippen molar-refractivity contribution in [2.75, 3.05) is 26.4 Å². The summed E-state index contributed by atoms with van der Waals surface area (Å²) in [6, 6.07) is 0. The molecule has 8 heteroatoms. The Bertz CT molecular complexity index is 859. The number of unbranched alkanes of at least 4 members (excludes halogenated alkanes) is 21. The van der Waals surface area contributed by atoms with Crippen LogP contribution < -0.4 is 0 Å². The molecule has 0 heterocycles. The number of carbonyl (C=O) groups is 4. The Balaban J connectivity index is 3.79. The number of carbonyl (C=O) groups excluding carboxylic acids is 4. The van der Waals surface area contributed by atoms with E-state index in [-0.39, 0.29) is 48.9 Å². The van der Waals surface area contributed by atoms with E-state index in [0.717, 1.165) is 77.0 Å². The van der Waals surface area contributed by atoms with Crippen LogP contribution in [0.2, 0.25) is 0 Å². The van der Waals surface area contributed by atoms with Crippen LogP contribution in [0, 0.1) is 11.8 Å². The van der Waals surface area contributed by atoms with Gasteiger partial charge in [-0.25, -0.2) is 0 Å². The van der Waals surface area contributed by atoms with E-state index >= 15 is 0 Å². The molecule has 53 heavy (non-hydrogen) atoms. The third kappa shape index (κ3) is 36.6. The third-order valence-corrected chi connectivity index (χ3v) is 10.00. The van der Waals surface area contributed by atoms with Crippen molar-refractivity contribution in [2.24, 2.45) is 11.8 Å². The van der Waals surface area contributed by atoms with Gasteiger partial charge in [-0.3, -0.25) is 19.2 Å². The topological polar surface area (TPSA) is 105 Å². The zero-order chi connectivity index (χ0) is 39.0. The van der Waals surface area contributed by atoms with Crippen molar-refractivity contribution in [1.29, 1.82) is 0 Å². The highest BCUT2D eigenvalue weighted by molar-refractivity contribution is 5.72. The van der Waals surface area contributed by atoms with Crippen molar-refractivity contribution < 1.29 is 38.1 Å². The van der Waals surface area contributed by atoms with Gasteiger partial charge < -0.3 is 18.9 Å². The highest BCUT2D eigenvalue weighted by Crippen LogP contribution is 2.21. The lowest BCUT2D eigenvalue weighted by molar-refractivity contribution is -0.150. The monoisotopic (exact) mass is 753 g/mol. The number of hydrogen-bond donors (Lipinski definition) is 0. The molecule has 0 bridgehead atoms. The van der Waals surface area contributed by atoms with Gasteiger partial charge in [0.1, 0.15) is 0 Å². The summed E-state index contributed by atoms with van der Waals surface area (Å²) < 4.78 is 21.8. The van der Waals surface area contributed by atoms with Crippen molar-refractivity contribution in [1.82, 2.24) is 0 Å². The van der Waals surface area contributed by atoms with Gasteiger partial charge in [0.25, 0.3) is 0 Å². The zero-order valence-electron chi connectivity index (χ0n) is 35.2. The fourth-order valence-corrected chi connectivity index (χ4v) is 6.43. The molecule has 0 N–H and O–H groups in total. The average Bonchev–Trinajstić information content (AvgIpc) is 3.15.